The van der Waals surface area contributed by atoms with Gasteiger partial charge in [0.05, 0.1) is 22.8 Å². The molecular formula is C25H29N7O4S. The van der Waals surface area contributed by atoms with Crippen LogP contribution in [0.5, 0.6) is 5.75 Å². The Balaban J connectivity index is 1.68. The molecule has 4 heterocycles. The molecule has 37 heavy (non-hydrogen) atoms. The summed E-state index contributed by atoms with van der Waals surface area (Å²) in [4.78, 5) is 24.8. The van der Waals surface area contributed by atoms with Crippen LogP contribution >= 0.6 is 0 Å². The van der Waals surface area contributed by atoms with Crippen LogP contribution in [0.3, 0.4) is 0 Å². The molecule has 0 unspecified atom stereocenters. The lowest BCUT2D eigenvalue weighted by atomic mass is 10.1. The number of nitrogens with zero attached hydrogens (tertiary/aromatic N) is 7. The first-order valence-electron chi connectivity index (χ1n) is 12.1. The number of pyridine rings is 1. The molecule has 194 valence electrons. The number of aryl methyl sites for hydroxylation is 1. The Labute approximate surface area is 215 Å². The third kappa shape index (κ3) is 4.41. The molecule has 0 radical (unpaired) electrons. The van der Waals surface area contributed by atoms with E-state index in [2.05, 4.69) is 15.0 Å². The highest BCUT2D eigenvalue weighted by Gasteiger charge is 2.29. The van der Waals surface area contributed by atoms with Gasteiger partial charge in [0.2, 0.25) is 10.0 Å². The van der Waals surface area contributed by atoms with Gasteiger partial charge in [0, 0.05) is 39.4 Å². The summed E-state index contributed by atoms with van der Waals surface area (Å²) in [6, 6.07) is 10.2. The summed E-state index contributed by atoms with van der Waals surface area (Å²) in [5, 5.41) is 4.48. The van der Waals surface area contributed by atoms with Gasteiger partial charge in [-0.05, 0) is 51.2 Å². The maximum atomic E-state index is 13.5. The van der Waals surface area contributed by atoms with Crippen LogP contribution in [0.4, 0.5) is 0 Å². The molecule has 1 fully saturated rings. The molecule has 11 nitrogen and oxygen atoms in total. The summed E-state index contributed by atoms with van der Waals surface area (Å²) in [5.74, 6) is 1.30. The van der Waals surface area contributed by atoms with Crippen LogP contribution in [0.1, 0.15) is 12.6 Å². The van der Waals surface area contributed by atoms with Gasteiger partial charge in [0.25, 0.3) is 5.56 Å². The van der Waals surface area contributed by atoms with E-state index in [4.69, 9.17) is 9.72 Å². The monoisotopic (exact) mass is 523 g/mol. The Bertz CT molecular complexity index is 1620. The van der Waals surface area contributed by atoms with Crippen molar-refractivity contribution in [2.24, 2.45) is 7.05 Å². The first-order chi connectivity index (χ1) is 17.7. The van der Waals surface area contributed by atoms with Crippen LogP contribution in [-0.2, 0) is 17.1 Å². The number of hydrogen-bond acceptors (Lipinski definition) is 8. The summed E-state index contributed by atoms with van der Waals surface area (Å²) in [6.45, 7) is 6.17. The van der Waals surface area contributed by atoms with Crippen LogP contribution in [0.15, 0.2) is 52.3 Å². The molecule has 0 aliphatic carbocycles. The quantitative estimate of drug-likeness (QED) is 0.376. The summed E-state index contributed by atoms with van der Waals surface area (Å²) in [5.41, 5.74) is 1.33. The van der Waals surface area contributed by atoms with Crippen molar-refractivity contribution in [3.05, 3.63) is 58.6 Å². The lowest BCUT2D eigenvalue weighted by Gasteiger charge is -2.31. The van der Waals surface area contributed by atoms with E-state index in [1.54, 1.807) is 48.3 Å². The summed E-state index contributed by atoms with van der Waals surface area (Å²) in [7, 11) is -0.177. The number of rotatable bonds is 6. The van der Waals surface area contributed by atoms with Crippen LogP contribution < -0.4 is 10.3 Å². The maximum absolute atomic E-state index is 13.5. The van der Waals surface area contributed by atoms with Gasteiger partial charge < -0.3 is 9.64 Å². The van der Waals surface area contributed by atoms with E-state index >= 15 is 0 Å². The number of sulfonamides is 1. The zero-order chi connectivity index (χ0) is 26.3. The molecule has 1 aliphatic heterocycles. The average molecular weight is 524 g/mol. The molecule has 0 saturated carbocycles. The average Bonchev–Trinajstić information content (AvgIpc) is 3.23. The Hall–Kier alpha value is -3.61. The molecule has 1 aromatic carbocycles. The fourth-order valence-electron chi connectivity index (χ4n) is 4.45. The van der Waals surface area contributed by atoms with Crippen molar-refractivity contribution in [1.82, 2.24) is 33.5 Å². The molecule has 5 rings (SSSR count). The predicted molar refractivity (Wildman–Crippen MR) is 139 cm³/mol. The molecule has 4 aromatic rings. The molecule has 1 aliphatic rings. The van der Waals surface area contributed by atoms with Crippen molar-refractivity contribution >= 4 is 21.1 Å². The van der Waals surface area contributed by atoms with Gasteiger partial charge in [-0.25, -0.2) is 23.1 Å². The van der Waals surface area contributed by atoms with Crippen LogP contribution in [0.2, 0.25) is 0 Å². The predicted octanol–water partition coefficient (Wildman–Crippen LogP) is 1.82. The fourth-order valence-corrected chi connectivity index (χ4v) is 5.90. The van der Waals surface area contributed by atoms with Gasteiger partial charge >= 0.3 is 0 Å². The maximum Gasteiger partial charge on any atom is 0.281 e. The number of likely N-dealkylation sites (N-methyl/N-ethyl adjacent to an activating group) is 1. The number of hydrogen-bond donors (Lipinski definition) is 0. The number of aromatic nitrogens is 5. The highest BCUT2D eigenvalue weighted by atomic mass is 32.2. The molecule has 0 bridgehead atoms. The lowest BCUT2D eigenvalue weighted by Crippen LogP contribution is -2.47. The third-order valence-corrected chi connectivity index (χ3v) is 8.48. The molecular weight excluding hydrogens is 494 g/mol. The first kappa shape index (κ1) is 25.1. The SMILES string of the molecule is CCOc1ccc(S(=O)(=O)N2CCN(C)CC2)cc1-c1nc2c(C)n(-c3ccccn3)nc2c(=O)n1C. The fraction of sp³-hybridized carbons (Fsp3) is 0.360. The molecule has 12 heteroatoms. The van der Waals surface area contributed by atoms with Gasteiger partial charge in [-0.1, -0.05) is 6.07 Å². The van der Waals surface area contributed by atoms with Crippen LogP contribution in [-0.4, -0.2) is 81.8 Å². The highest BCUT2D eigenvalue weighted by molar-refractivity contribution is 7.89. The lowest BCUT2D eigenvalue weighted by molar-refractivity contribution is 0.222. The van der Waals surface area contributed by atoms with Crippen molar-refractivity contribution in [1.29, 1.82) is 0 Å². The summed E-state index contributed by atoms with van der Waals surface area (Å²) >= 11 is 0. The van der Waals surface area contributed by atoms with Crippen molar-refractivity contribution in [3.63, 3.8) is 0 Å². The molecule has 1 saturated heterocycles. The van der Waals surface area contributed by atoms with Gasteiger partial charge in [0.15, 0.2) is 11.3 Å². The van der Waals surface area contributed by atoms with E-state index in [1.165, 1.54) is 8.87 Å². The van der Waals surface area contributed by atoms with Gasteiger partial charge in [-0.2, -0.15) is 9.40 Å². The summed E-state index contributed by atoms with van der Waals surface area (Å²) in [6.07, 6.45) is 1.65. The second-order valence-corrected chi connectivity index (χ2v) is 10.9. The molecule has 3 aromatic heterocycles. The van der Waals surface area contributed by atoms with Crippen LogP contribution in [0, 0.1) is 6.92 Å². The highest BCUT2D eigenvalue weighted by Crippen LogP contribution is 2.33. The topological polar surface area (TPSA) is 115 Å². The van der Waals surface area contributed by atoms with E-state index in [9.17, 15) is 13.2 Å². The second-order valence-electron chi connectivity index (χ2n) is 8.98. The molecule has 0 amide bonds. The molecule has 0 spiro atoms. The Morgan fingerprint density at radius 2 is 1.78 bits per heavy atom. The second kappa shape index (κ2) is 9.69. The zero-order valence-corrected chi connectivity index (χ0v) is 22.1. The standard InChI is InChI=1S/C25H29N7O4S/c1-5-36-20-10-9-18(37(34,35)31-14-12-29(3)13-15-31)16-19(20)24-27-22-17(2)32(21-8-6-7-11-26-21)28-23(22)25(33)30(24)4/h6-11,16H,5,12-15H2,1-4H3. The Morgan fingerprint density at radius 3 is 2.46 bits per heavy atom. The van der Waals surface area contributed by atoms with Crippen molar-refractivity contribution in [3.8, 4) is 23.0 Å². The van der Waals surface area contributed by atoms with Crippen LogP contribution in [0.25, 0.3) is 28.2 Å². The van der Waals surface area contributed by atoms with Gasteiger partial charge in [0.1, 0.15) is 17.1 Å². The minimum atomic E-state index is -3.74. The van der Waals surface area contributed by atoms with E-state index in [1.807, 2.05) is 27.0 Å². The number of benzene rings is 1. The minimum Gasteiger partial charge on any atom is -0.493 e. The summed E-state index contributed by atoms with van der Waals surface area (Å²) < 4.78 is 37.2. The van der Waals surface area contributed by atoms with Crippen molar-refractivity contribution < 1.29 is 13.2 Å². The van der Waals surface area contributed by atoms with E-state index in [0.29, 0.717) is 67.0 Å². The normalized spacial score (nSPS) is 15.4. The van der Waals surface area contributed by atoms with E-state index in [0.717, 1.165) is 0 Å². The van der Waals surface area contributed by atoms with Gasteiger partial charge in [-0.15, -0.1) is 0 Å². The zero-order valence-electron chi connectivity index (χ0n) is 21.2. The Kier molecular flexibility index (Phi) is 6.56. The third-order valence-electron chi connectivity index (χ3n) is 6.59. The smallest absolute Gasteiger partial charge is 0.281 e. The molecule has 0 atom stereocenters. The molecule has 0 N–H and O–H groups in total. The van der Waals surface area contributed by atoms with E-state index < -0.39 is 10.0 Å². The number of ether oxygens (including phenoxy) is 1. The number of piperazine rings is 1. The van der Waals surface area contributed by atoms with Crippen molar-refractivity contribution in [2.45, 2.75) is 18.7 Å². The van der Waals surface area contributed by atoms with Gasteiger partial charge in [-0.3, -0.25) is 9.36 Å². The Morgan fingerprint density at radius 1 is 1.03 bits per heavy atom. The number of fused-ring (bicyclic) bond motifs is 1. The minimum absolute atomic E-state index is 0.130. The largest absolute Gasteiger partial charge is 0.493 e. The van der Waals surface area contributed by atoms with E-state index in [-0.39, 0.29) is 16.0 Å². The first-order valence-corrected chi connectivity index (χ1v) is 13.5. The van der Waals surface area contributed by atoms with Crippen molar-refractivity contribution in [2.75, 3.05) is 39.8 Å².